The summed E-state index contributed by atoms with van der Waals surface area (Å²) in [5, 5.41) is 11.0. The number of fused-ring (bicyclic) bond motifs is 2. The molecule has 2 amide bonds. The lowest BCUT2D eigenvalue weighted by Gasteiger charge is -2.25. The second kappa shape index (κ2) is 8.75. The fourth-order valence-electron chi connectivity index (χ4n) is 5.02. The number of anilines is 1. The molecular weight excluding hydrogens is 480 g/mol. The van der Waals surface area contributed by atoms with Crippen LogP contribution in [-0.4, -0.2) is 46.6 Å². The molecule has 1 aromatic carbocycles. The van der Waals surface area contributed by atoms with Crippen LogP contribution >= 0.6 is 0 Å². The van der Waals surface area contributed by atoms with Crippen molar-refractivity contribution in [3.05, 3.63) is 65.6 Å². The molecule has 186 valence electrons. The number of carbonyl (C=O) groups excluding carboxylic acids is 1. The monoisotopic (exact) mass is 506 g/mol. The van der Waals surface area contributed by atoms with Gasteiger partial charge in [0.15, 0.2) is 5.03 Å². The van der Waals surface area contributed by atoms with Crippen molar-refractivity contribution in [1.82, 2.24) is 24.1 Å². The number of pyridine rings is 1. The predicted molar refractivity (Wildman–Crippen MR) is 133 cm³/mol. The first-order chi connectivity index (χ1) is 17.4. The average Bonchev–Trinajstić information content (AvgIpc) is 3.55. The lowest BCUT2D eigenvalue weighted by molar-refractivity contribution is -0.0610. The van der Waals surface area contributed by atoms with Crippen LogP contribution in [0.4, 0.5) is 10.5 Å². The summed E-state index contributed by atoms with van der Waals surface area (Å²) in [6.45, 7) is 3.19. The zero-order valence-electron chi connectivity index (χ0n) is 19.8. The molecule has 1 aliphatic carbocycles. The number of nitrogens with one attached hydrogen (secondary N) is 2. The number of hydrogen-bond acceptors (Lipinski definition) is 6. The zero-order chi connectivity index (χ0) is 24.9. The minimum absolute atomic E-state index is 0.0420. The molecule has 4 aromatic rings. The van der Waals surface area contributed by atoms with Crippen molar-refractivity contribution in [2.75, 3.05) is 11.9 Å². The van der Waals surface area contributed by atoms with Crippen molar-refractivity contribution < 1.29 is 17.9 Å². The van der Waals surface area contributed by atoms with Gasteiger partial charge in [0.1, 0.15) is 0 Å². The first kappa shape index (κ1) is 22.7. The van der Waals surface area contributed by atoms with Gasteiger partial charge >= 0.3 is 6.03 Å². The fourth-order valence-corrected chi connectivity index (χ4v) is 5.87. The molecule has 4 heterocycles. The highest BCUT2D eigenvalue weighted by Gasteiger charge is 2.26. The summed E-state index contributed by atoms with van der Waals surface area (Å²) in [6, 6.07) is 8.59. The van der Waals surface area contributed by atoms with E-state index < -0.39 is 16.1 Å². The van der Waals surface area contributed by atoms with Gasteiger partial charge in [0.25, 0.3) is 10.0 Å². The molecule has 11 heteroatoms. The average molecular weight is 507 g/mol. The number of aromatic nitrogens is 4. The summed E-state index contributed by atoms with van der Waals surface area (Å²) in [5.74, 6) is 0. The highest BCUT2D eigenvalue weighted by Crippen LogP contribution is 2.40. The molecule has 0 saturated carbocycles. The van der Waals surface area contributed by atoms with E-state index in [-0.39, 0.29) is 11.1 Å². The summed E-state index contributed by atoms with van der Waals surface area (Å²) in [4.78, 5) is 13.0. The maximum atomic E-state index is 13.0. The van der Waals surface area contributed by atoms with Crippen molar-refractivity contribution in [2.24, 2.45) is 0 Å². The number of rotatable bonds is 6. The Balaban J connectivity index is 1.29. The molecule has 3 aromatic heterocycles. The van der Waals surface area contributed by atoms with Gasteiger partial charge in [0.05, 0.1) is 23.9 Å². The predicted octanol–water partition coefficient (Wildman–Crippen LogP) is 3.29. The minimum atomic E-state index is -4.15. The Morgan fingerprint density at radius 1 is 1.19 bits per heavy atom. The van der Waals surface area contributed by atoms with Gasteiger partial charge in [-0.2, -0.15) is 18.6 Å². The van der Waals surface area contributed by atoms with Crippen molar-refractivity contribution in [1.29, 1.82) is 0 Å². The Morgan fingerprint density at radius 2 is 2.06 bits per heavy atom. The third-order valence-electron chi connectivity index (χ3n) is 6.83. The van der Waals surface area contributed by atoms with Crippen LogP contribution in [-0.2, 0) is 34.1 Å². The molecule has 2 aliphatic rings. The van der Waals surface area contributed by atoms with E-state index in [0.717, 1.165) is 53.5 Å². The summed E-state index contributed by atoms with van der Waals surface area (Å²) in [5.41, 5.74) is 6.59. The van der Waals surface area contributed by atoms with Crippen LogP contribution in [0, 0.1) is 6.92 Å². The molecule has 1 fully saturated rings. The first-order valence-corrected chi connectivity index (χ1v) is 13.4. The van der Waals surface area contributed by atoms with E-state index in [2.05, 4.69) is 26.3 Å². The summed E-state index contributed by atoms with van der Waals surface area (Å²) >= 11 is 0. The highest BCUT2D eigenvalue weighted by atomic mass is 32.2. The smallest absolute Gasteiger partial charge is 0.333 e. The van der Waals surface area contributed by atoms with Gasteiger partial charge in [0, 0.05) is 30.8 Å². The standard InChI is InChI=1S/C25H26N6O4S/c1-16-13-17-3-2-4-21(17)24(23(16)18-6-11-31-19(14-18)5-9-26-31)27-25(32)29-36(33,34)22-7-10-30(28-22)15-20-8-12-35-20/h5-7,9-11,13-14,20H,2-4,8,12,15H2,1H3,(H2,27,29,32). The van der Waals surface area contributed by atoms with Gasteiger partial charge < -0.3 is 10.1 Å². The largest absolute Gasteiger partial charge is 0.376 e. The molecule has 1 atom stereocenters. The van der Waals surface area contributed by atoms with Crippen molar-refractivity contribution in [3.63, 3.8) is 0 Å². The number of ether oxygens (including phenoxy) is 1. The molecule has 10 nitrogen and oxygen atoms in total. The number of hydrogen-bond donors (Lipinski definition) is 2. The topological polar surface area (TPSA) is 120 Å². The molecule has 1 aliphatic heterocycles. The lowest BCUT2D eigenvalue weighted by Crippen LogP contribution is -2.35. The fraction of sp³-hybridized carbons (Fsp3) is 0.320. The molecule has 1 unspecified atom stereocenters. The Labute approximate surface area is 208 Å². The normalized spacial score (nSPS) is 17.1. The number of amides is 2. The molecule has 2 N–H and O–H groups in total. The Kier molecular flexibility index (Phi) is 5.53. The Hall–Kier alpha value is -3.70. The number of benzene rings is 1. The van der Waals surface area contributed by atoms with Crippen LogP contribution in [0.5, 0.6) is 0 Å². The Morgan fingerprint density at radius 3 is 2.86 bits per heavy atom. The SMILES string of the molecule is Cc1cc2c(c(NC(=O)NS(=O)(=O)c3ccn(CC4CCO4)n3)c1-c1ccn3nccc3c1)CCC2. The number of carbonyl (C=O) groups is 1. The van der Waals surface area contributed by atoms with Gasteiger partial charge in [-0.05, 0) is 79.1 Å². The molecule has 6 rings (SSSR count). The van der Waals surface area contributed by atoms with Gasteiger partial charge in [0.2, 0.25) is 0 Å². The second-order valence-corrected chi connectivity index (χ2v) is 10.9. The third kappa shape index (κ3) is 4.14. The molecule has 1 saturated heterocycles. The van der Waals surface area contributed by atoms with Crippen LogP contribution in [0.3, 0.4) is 0 Å². The van der Waals surface area contributed by atoms with Crippen molar-refractivity contribution in [3.8, 4) is 11.1 Å². The van der Waals surface area contributed by atoms with Crippen LogP contribution in [0.2, 0.25) is 0 Å². The first-order valence-electron chi connectivity index (χ1n) is 12.0. The van der Waals surface area contributed by atoms with Gasteiger partial charge in [-0.25, -0.2) is 14.0 Å². The van der Waals surface area contributed by atoms with E-state index in [9.17, 15) is 13.2 Å². The quantitative estimate of drug-likeness (QED) is 0.414. The van der Waals surface area contributed by atoms with E-state index in [1.807, 2.05) is 31.3 Å². The van der Waals surface area contributed by atoms with E-state index >= 15 is 0 Å². The van der Waals surface area contributed by atoms with Gasteiger partial charge in [-0.15, -0.1) is 0 Å². The molecule has 0 spiro atoms. The number of aryl methyl sites for hydroxylation is 2. The number of urea groups is 1. The minimum Gasteiger partial charge on any atom is -0.376 e. The van der Waals surface area contributed by atoms with Crippen LogP contribution in [0.1, 0.15) is 29.5 Å². The van der Waals surface area contributed by atoms with Crippen molar-refractivity contribution >= 4 is 27.3 Å². The van der Waals surface area contributed by atoms with Gasteiger partial charge in [-0.3, -0.25) is 4.68 Å². The lowest BCUT2D eigenvalue weighted by atomic mass is 9.93. The Bertz CT molecular complexity index is 1590. The number of nitrogens with zero attached hydrogens (tertiary/aromatic N) is 4. The molecule has 36 heavy (non-hydrogen) atoms. The summed E-state index contributed by atoms with van der Waals surface area (Å²) in [7, 11) is -4.15. The van der Waals surface area contributed by atoms with E-state index in [0.29, 0.717) is 18.8 Å². The maximum Gasteiger partial charge on any atom is 0.333 e. The van der Waals surface area contributed by atoms with E-state index in [1.54, 1.807) is 16.9 Å². The molecular formula is C25H26N6O4S. The maximum absolute atomic E-state index is 13.0. The van der Waals surface area contributed by atoms with Crippen molar-refractivity contribution in [2.45, 2.75) is 50.3 Å². The van der Waals surface area contributed by atoms with Crippen LogP contribution in [0.15, 0.2) is 53.9 Å². The molecule has 0 radical (unpaired) electrons. The molecule has 0 bridgehead atoms. The summed E-state index contributed by atoms with van der Waals surface area (Å²) in [6.07, 6.45) is 8.86. The van der Waals surface area contributed by atoms with Gasteiger partial charge in [-0.1, -0.05) is 6.07 Å². The van der Waals surface area contributed by atoms with Crippen LogP contribution < -0.4 is 10.0 Å². The zero-order valence-corrected chi connectivity index (χ0v) is 20.6. The number of sulfonamides is 1. The highest BCUT2D eigenvalue weighted by molar-refractivity contribution is 7.90. The third-order valence-corrected chi connectivity index (χ3v) is 8.05. The summed E-state index contributed by atoms with van der Waals surface area (Å²) < 4.78 is 36.6. The van der Waals surface area contributed by atoms with E-state index in [4.69, 9.17) is 4.74 Å². The second-order valence-electron chi connectivity index (χ2n) is 9.27. The van der Waals surface area contributed by atoms with Crippen LogP contribution in [0.25, 0.3) is 16.6 Å². The van der Waals surface area contributed by atoms with E-state index in [1.165, 1.54) is 16.3 Å².